The Morgan fingerprint density at radius 1 is 1.03 bits per heavy atom. The number of hydrogen-bond acceptors (Lipinski definition) is 2. The van der Waals surface area contributed by atoms with Gasteiger partial charge in [-0.15, -0.1) is 0 Å². The van der Waals surface area contributed by atoms with Crippen LogP contribution in [0.3, 0.4) is 0 Å². The molecule has 0 N–H and O–H groups in total. The van der Waals surface area contributed by atoms with Crippen molar-refractivity contribution in [3.8, 4) is 0 Å². The molecule has 0 heterocycles. The van der Waals surface area contributed by atoms with Crippen LogP contribution in [0.25, 0.3) is 0 Å². The first-order valence-electron chi connectivity index (χ1n) is 15.0. The van der Waals surface area contributed by atoms with E-state index in [-0.39, 0.29) is 11.0 Å². The van der Waals surface area contributed by atoms with Gasteiger partial charge in [0.15, 0.2) is 8.32 Å². The molecule has 0 aromatic carbocycles. The van der Waals surface area contributed by atoms with Crippen LogP contribution < -0.4 is 0 Å². The molecule has 0 bridgehead atoms. The maximum absolute atomic E-state index is 14.4. The van der Waals surface area contributed by atoms with Crippen LogP contribution in [0.5, 0.6) is 0 Å². The monoisotopic (exact) mass is 614 g/mol. The first-order chi connectivity index (χ1) is 16.2. The fraction of sp³-hybridized carbons (Fsp3) is 0.968. The summed E-state index contributed by atoms with van der Waals surface area (Å²) >= 11 is 2.56. The molecule has 0 saturated heterocycles. The quantitative estimate of drug-likeness (QED) is 0.169. The third-order valence-electron chi connectivity index (χ3n) is 12.7. The van der Waals surface area contributed by atoms with Crippen LogP contribution in [0.1, 0.15) is 106 Å². The van der Waals surface area contributed by atoms with E-state index in [4.69, 9.17) is 4.43 Å². The zero-order valence-electron chi connectivity index (χ0n) is 24.4. The zero-order chi connectivity index (χ0) is 26.0. The van der Waals surface area contributed by atoms with E-state index in [2.05, 4.69) is 84.2 Å². The van der Waals surface area contributed by atoms with Gasteiger partial charge in [0, 0.05) is 17.9 Å². The molecule has 0 aliphatic heterocycles. The number of carbonyl (C=O) groups excluding carboxylic acids is 1. The highest BCUT2D eigenvalue weighted by atomic mass is 127. The van der Waals surface area contributed by atoms with Gasteiger partial charge in [-0.25, -0.2) is 0 Å². The van der Waals surface area contributed by atoms with Crippen molar-refractivity contribution in [2.24, 2.45) is 52.3 Å². The van der Waals surface area contributed by atoms with Crippen LogP contribution in [0.4, 0.5) is 0 Å². The topological polar surface area (TPSA) is 26.3 Å². The van der Waals surface area contributed by atoms with Crippen LogP contribution >= 0.6 is 22.6 Å². The molecule has 0 spiro atoms. The fourth-order valence-corrected chi connectivity index (χ4v) is 12.1. The molecule has 35 heavy (non-hydrogen) atoms. The van der Waals surface area contributed by atoms with Crippen LogP contribution in [-0.4, -0.2) is 24.6 Å². The Bertz CT molecular complexity index is 789. The molecule has 4 aliphatic rings. The standard InChI is InChI=1S/C31H55IO2Si/c1-10-22-26-19-21(34-35(8,9)29(3,4)5)13-16-31(26,7)25-14-17-30(6)23(20(2)15-18-32)11-12-24(30)27(25)28(22)33/h20-27H,10-19H2,1-9H3/t20-,21-,22-,23-,24?,25?,26+,27?,30-,31-/m1/s1. The second-order valence-corrected chi connectivity index (χ2v) is 21.1. The van der Waals surface area contributed by atoms with Crippen LogP contribution in [0.2, 0.25) is 18.1 Å². The number of ketones is 1. The van der Waals surface area contributed by atoms with Crippen molar-refractivity contribution in [3.63, 3.8) is 0 Å². The lowest BCUT2D eigenvalue weighted by Crippen LogP contribution is -2.61. The lowest BCUT2D eigenvalue weighted by atomic mass is 9.42. The second kappa shape index (κ2) is 9.95. The predicted molar refractivity (Wildman–Crippen MR) is 160 cm³/mol. The van der Waals surface area contributed by atoms with Crippen LogP contribution in [-0.2, 0) is 9.22 Å². The Morgan fingerprint density at radius 2 is 1.66 bits per heavy atom. The molecule has 4 rings (SSSR count). The third kappa shape index (κ3) is 4.68. The first-order valence-corrected chi connectivity index (χ1v) is 19.4. The third-order valence-corrected chi connectivity index (χ3v) is 17.9. The van der Waals surface area contributed by atoms with Gasteiger partial charge >= 0.3 is 0 Å². The molecule has 4 aliphatic carbocycles. The van der Waals surface area contributed by atoms with Crippen molar-refractivity contribution in [2.75, 3.05) is 4.43 Å². The van der Waals surface area contributed by atoms with Gasteiger partial charge in [0.2, 0.25) is 0 Å². The summed E-state index contributed by atoms with van der Waals surface area (Å²) in [5.41, 5.74) is 0.700. The van der Waals surface area contributed by atoms with Gasteiger partial charge in [-0.3, -0.25) is 4.79 Å². The van der Waals surface area contributed by atoms with Crippen molar-refractivity contribution in [1.29, 1.82) is 0 Å². The summed E-state index contributed by atoms with van der Waals surface area (Å²) in [6.07, 6.45) is 11.6. The fourth-order valence-electron chi connectivity index (χ4n) is 9.67. The molecule has 0 amide bonds. The Morgan fingerprint density at radius 3 is 2.26 bits per heavy atom. The van der Waals surface area contributed by atoms with Gasteiger partial charge in [-0.2, -0.15) is 0 Å². The average Bonchev–Trinajstić information content (AvgIpc) is 3.11. The second-order valence-electron chi connectivity index (χ2n) is 15.2. The Kier molecular flexibility index (Phi) is 8.13. The summed E-state index contributed by atoms with van der Waals surface area (Å²) in [5, 5.41) is 0.243. The molecule has 10 atom stereocenters. The van der Waals surface area contributed by atoms with E-state index < -0.39 is 8.32 Å². The molecular formula is C31H55IO2Si. The molecule has 4 fully saturated rings. The molecular weight excluding hydrogens is 559 g/mol. The molecule has 4 saturated carbocycles. The first kappa shape index (κ1) is 28.6. The van der Waals surface area contributed by atoms with Gasteiger partial charge in [0.1, 0.15) is 5.78 Å². The van der Waals surface area contributed by atoms with E-state index >= 15 is 0 Å². The van der Waals surface area contributed by atoms with E-state index in [1.807, 2.05) is 0 Å². The largest absolute Gasteiger partial charge is 0.414 e. The van der Waals surface area contributed by atoms with E-state index in [0.717, 1.165) is 24.7 Å². The Hall–Kier alpha value is 0.577. The number of carbonyl (C=O) groups is 1. The maximum atomic E-state index is 14.4. The van der Waals surface area contributed by atoms with Crippen molar-refractivity contribution < 1.29 is 9.22 Å². The van der Waals surface area contributed by atoms with Gasteiger partial charge in [0.05, 0.1) is 0 Å². The van der Waals surface area contributed by atoms with Crippen molar-refractivity contribution in [3.05, 3.63) is 0 Å². The van der Waals surface area contributed by atoms with E-state index in [9.17, 15) is 4.79 Å². The highest BCUT2D eigenvalue weighted by Crippen LogP contribution is 2.69. The van der Waals surface area contributed by atoms with E-state index in [1.54, 1.807) is 0 Å². The average molecular weight is 615 g/mol. The van der Waals surface area contributed by atoms with Gasteiger partial charge < -0.3 is 4.43 Å². The molecule has 202 valence electrons. The lowest BCUT2D eigenvalue weighted by Gasteiger charge is -2.62. The minimum atomic E-state index is -1.80. The van der Waals surface area contributed by atoms with Crippen molar-refractivity contribution >= 4 is 36.7 Å². The number of hydrogen-bond donors (Lipinski definition) is 0. The Labute approximate surface area is 232 Å². The normalized spacial score (nSPS) is 45.0. The molecule has 0 aromatic heterocycles. The maximum Gasteiger partial charge on any atom is 0.192 e. The van der Waals surface area contributed by atoms with E-state index in [1.165, 1.54) is 49.4 Å². The van der Waals surface area contributed by atoms with Crippen LogP contribution in [0.15, 0.2) is 0 Å². The smallest absolute Gasteiger partial charge is 0.192 e. The molecule has 2 nitrogen and oxygen atoms in total. The summed E-state index contributed by atoms with van der Waals surface area (Å²) in [5.74, 6) is 4.61. The minimum Gasteiger partial charge on any atom is -0.414 e. The zero-order valence-corrected chi connectivity index (χ0v) is 27.5. The molecule has 0 radical (unpaired) electrons. The number of halogens is 1. The number of rotatable bonds is 6. The summed E-state index contributed by atoms with van der Waals surface area (Å²) < 4.78 is 8.24. The van der Waals surface area contributed by atoms with Crippen LogP contribution in [0, 0.1) is 52.3 Å². The number of Topliss-reactive ketones (excluding diaryl/α,β-unsaturated/α-hetero) is 1. The molecule has 4 heteroatoms. The summed E-state index contributed by atoms with van der Waals surface area (Å²) in [7, 11) is -1.80. The summed E-state index contributed by atoms with van der Waals surface area (Å²) in [6, 6.07) is 0. The number of fused-ring (bicyclic) bond motifs is 5. The predicted octanol–water partition coefficient (Wildman–Crippen LogP) is 9.31. The van der Waals surface area contributed by atoms with Crippen molar-refractivity contribution in [1.82, 2.24) is 0 Å². The van der Waals surface area contributed by atoms with Gasteiger partial charge in [-0.1, -0.05) is 71.1 Å². The number of alkyl halides is 1. The minimum absolute atomic E-state index is 0.243. The van der Waals surface area contributed by atoms with Gasteiger partial charge in [0.25, 0.3) is 0 Å². The molecule has 3 unspecified atom stereocenters. The van der Waals surface area contributed by atoms with E-state index in [0.29, 0.717) is 46.4 Å². The molecule has 0 aromatic rings. The SMILES string of the molecule is CC[C@H]1C(=O)C2C3CC[C@H]([C@H](C)CCI)[C@@]3(C)CCC2[C@@]2(C)CC[C@@H](O[Si](C)(C)C(C)(C)C)C[C@@H]12. The van der Waals surface area contributed by atoms with Gasteiger partial charge in [-0.05, 0) is 121 Å². The van der Waals surface area contributed by atoms with Crippen molar-refractivity contribution in [2.45, 2.75) is 130 Å². The summed E-state index contributed by atoms with van der Waals surface area (Å²) in [6.45, 7) is 21.9. The highest BCUT2D eigenvalue weighted by Gasteiger charge is 2.65. The summed E-state index contributed by atoms with van der Waals surface area (Å²) in [4.78, 5) is 14.4. The lowest BCUT2D eigenvalue weighted by molar-refractivity contribution is -0.172. The Balaban J connectivity index is 1.60. The highest BCUT2D eigenvalue weighted by molar-refractivity contribution is 14.1.